The van der Waals surface area contributed by atoms with Gasteiger partial charge in [-0.1, -0.05) is 12.0 Å². The van der Waals surface area contributed by atoms with Crippen LogP contribution in [0.5, 0.6) is 0 Å². The van der Waals surface area contributed by atoms with E-state index in [2.05, 4.69) is 37.7 Å². The van der Waals surface area contributed by atoms with Crippen molar-refractivity contribution in [1.29, 1.82) is 0 Å². The van der Waals surface area contributed by atoms with Crippen LogP contribution in [0.1, 0.15) is 16.8 Å². The van der Waals surface area contributed by atoms with Gasteiger partial charge in [-0.25, -0.2) is 9.37 Å². The van der Waals surface area contributed by atoms with Crippen molar-refractivity contribution in [2.24, 2.45) is 5.92 Å². The third kappa shape index (κ3) is 4.44. The lowest BCUT2D eigenvalue weighted by molar-refractivity contribution is -0.151. The van der Waals surface area contributed by atoms with Gasteiger partial charge in [0.2, 0.25) is 0 Å². The van der Waals surface area contributed by atoms with Gasteiger partial charge in [0.05, 0.1) is 18.6 Å². The van der Waals surface area contributed by atoms with Crippen molar-refractivity contribution >= 4 is 21.9 Å². The molecule has 3 rings (SSSR count). The molecule has 2 heterocycles. The fourth-order valence-corrected chi connectivity index (χ4v) is 2.85. The van der Waals surface area contributed by atoms with E-state index in [4.69, 9.17) is 4.74 Å². The molecule has 1 aromatic heterocycles. The Morgan fingerprint density at radius 2 is 2.16 bits per heavy atom. The lowest BCUT2D eigenvalue weighted by atomic mass is 9.99. The van der Waals surface area contributed by atoms with Crippen LogP contribution in [0.25, 0.3) is 0 Å². The summed E-state index contributed by atoms with van der Waals surface area (Å²) in [5.74, 6) is 5.05. The average molecular weight is 403 g/mol. The number of carbonyl (C=O) groups is 1. The predicted molar refractivity (Wildman–Crippen MR) is 95.1 cm³/mol. The molecule has 1 saturated heterocycles. The molecular formula is C19H16BrFN2O2. The van der Waals surface area contributed by atoms with Gasteiger partial charge in [-0.2, -0.15) is 0 Å². The second-order valence-electron chi connectivity index (χ2n) is 5.84. The van der Waals surface area contributed by atoms with Gasteiger partial charge < -0.3 is 4.74 Å². The summed E-state index contributed by atoms with van der Waals surface area (Å²) in [5.41, 5.74) is 1.78. The highest BCUT2D eigenvalue weighted by atomic mass is 79.9. The van der Waals surface area contributed by atoms with Crippen LogP contribution < -0.4 is 0 Å². The number of likely N-dealkylation sites (tertiary alicyclic amines) is 1. The number of carbonyl (C=O) groups excluding carboxylic acids is 1. The Morgan fingerprint density at radius 3 is 2.80 bits per heavy atom. The first-order chi connectivity index (χ1) is 12.0. The van der Waals surface area contributed by atoms with Gasteiger partial charge >= 0.3 is 5.97 Å². The molecule has 0 spiro atoms. The number of halogens is 2. The van der Waals surface area contributed by atoms with E-state index in [1.807, 2.05) is 12.1 Å². The monoisotopic (exact) mass is 402 g/mol. The van der Waals surface area contributed by atoms with E-state index < -0.39 is 0 Å². The van der Waals surface area contributed by atoms with Crippen LogP contribution >= 0.6 is 15.9 Å². The van der Waals surface area contributed by atoms with Crippen LogP contribution in [0, 0.1) is 23.6 Å². The summed E-state index contributed by atoms with van der Waals surface area (Å²) in [5, 5.41) is 0. The first-order valence-electron chi connectivity index (χ1n) is 7.77. The first kappa shape index (κ1) is 17.6. The van der Waals surface area contributed by atoms with Crippen molar-refractivity contribution in [1.82, 2.24) is 9.88 Å². The molecule has 6 heteroatoms. The summed E-state index contributed by atoms with van der Waals surface area (Å²) in [4.78, 5) is 17.6. The van der Waals surface area contributed by atoms with Crippen LogP contribution in [-0.4, -0.2) is 36.1 Å². The lowest BCUT2D eigenvalue weighted by Crippen LogP contribution is -2.49. The number of esters is 1. The van der Waals surface area contributed by atoms with E-state index in [1.165, 1.54) is 13.2 Å². The second kappa shape index (κ2) is 7.77. The first-order valence-corrected chi connectivity index (χ1v) is 8.56. The molecule has 1 aromatic carbocycles. The van der Waals surface area contributed by atoms with Crippen molar-refractivity contribution < 1.29 is 13.9 Å². The van der Waals surface area contributed by atoms with E-state index in [0.717, 1.165) is 10.0 Å². The van der Waals surface area contributed by atoms with E-state index in [0.29, 0.717) is 30.9 Å². The van der Waals surface area contributed by atoms with Gasteiger partial charge in [0.15, 0.2) is 0 Å². The number of pyridine rings is 1. The zero-order valence-corrected chi connectivity index (χ0v) is 15.2. The Hall–Kier alpha value is -2.23. The molecular weight excluding hydrogens is 387 g/mol. The highest BCUT2D eigenvalue weighted by Crippen LogP contribution is 2.20. The third-order valence-electron chi connectivity index (χ3n) is 3.98. The van der Waals surface area contributed by atoms with Crippen molar-refractivity contribution in [3.63, 3.8) is 0 Å². The van der Waals surface area contributed by atoms with Crippen LogP contribution in [0.2, 0.25) is 0 Å². The molecule has 0 radical (unpaired) electrons. The molecule has 1 fully saturated rings. The van der Waals surface area contributed by atoms with Crippen molar-refractivity contribution in [3.8, 4) is 11.8 Å². The van der Waals surface area contributed by atoms with Crippen LogP contribution in [0.3, 0.4) is 0 Å². The summed E-state index contributed by atoms with van der Waals surface area (Å²) in [6.45, 7) is 1.89. The van der Waals surface area contributed by atoms with Gasteiger partial charge in [0.25, 0.3) is 0 Å². The molecule has 0 amide bonds. The summed E-state index contributed by atoms with van der Waals surface area (Å²) >= 11 is 3.31. The minimum absolute atomic E-state index is 0.0709. The Bertz CT molecular complexity index is 837. The number of ether oxygens (including phenoxy) is 1. The maximum absolute atomic E-state index is 14.2. The Morgan fingerprint density at radius 1 is 1.36 bits per heavy atom. The molecule has 1 aliphatic rings. The molecule has 25 heavy (non-hydrogen) atoms. The minimum Gasteiger partial charge on any atom is -0.469 e. The standard InChI is InChI=1S/C19H16BrFN2O2/c1-25-19(24)15-11-23(12-15)10-13-2-3-14(18(21)8-13)4-6-17-7-5-16(20)9-22-17/h2-3,5,7-9,15H,10-12H2,1H3. The van der Waals surface area contributed by atoms with E-state index in [1.54, 1.807) is 18.3 Å². The number of methoxy groups -OCH3 is 1. The highest BCUT2D eigenvalue weighted by Gasteiger charge is 2.33. The van der Waals surface area contributed by atoms with Gasteiger partial charge in [0.1, 0.15) is 11.5 Å². The zero-order chi connectivity index (χ0) is 17.8. The molecule has 0 aliphatic carbocycles. The van der Waals surface area contributed by atoms with Crippen LogP contribution in [-0.2, 0) is 16.1 Å². The molecule has 0 N–H and O–H groups in total. The number of benzene rings is 1. The molecule has 0 bridgehead atoms. The molecule has 0 atom stereocenters. The number of nitrogens with zero attached hydrogens (tertiary/aromatic N) is 2. The third-order valence-corrected chi connectivity index (χ3v) is 4.45. The quantitative estimate of drug-likeness (QED) is 0.584. The molecule has 0 unspecified atom stereocenters. The van der Waals surface area contributed by atoms with Crippen LogP contribution in [0.4, 0.5) is 4.39 Å². The molecule has 2 aromatic rings. The molecule has 4 nitrogen and oxygen atoms in total. The average Bonchev–Trinajstić information content (AvgIpc) is 2.58. The number of aromatic nitrogens is 1. The smallest absolute Gasteiger partial charge is 0.311 e. The molecule has 1 aliphatic heterocycles. The maximum atomic E-state index is 14.2. The lowest BCUT2D eigenvalue weighted by Gasteiger charge is -2.37. The Balaban J connectivity index is 1.62. The van der Waals surface area contributed by atoms with E-state index >= 15 is 0 Å². The van der Waals surface area contributed by atoms with Gasteiger partial charge in [-0.15, -0.1) is 0 Å². The Labute approximate surface area is 154 Å². The second-order valence-corrected chi connectivity index (χ2v) is 6.76. The fraction of sp³-hybridized carbons (Fsp3) is 0.263. The normalized spacial score (nSPS) is 14.4. The van der Waals surface area contributed by atoms with Crippen molar-refractivity contribution in [2.75, 3.05) is 20.2 Å². The summed E-state index contributed by atoms with van der Waals surface area (Å²) < 4.78 is 19.8. The van der Waals surface area contributed by atoms with Crippen molar-refractivity contribution in [3.05, 3.63) is 63.6 Å². The summed E-state index contributed by atoms with van der Waals surface area (Å²) in [6.07, 6.45) is 1.65. The van der Waals surface area contributed by atoms with Gasteiger partial charge in [0, 0.05) is 30.3 Å². The van der Waals surface area contributed by atoms with Gasteiger partial charge in [-0.05, 0) is 51.7 Å². The SMILES string of the molecule is COC(=O)C1CN(Cc2ccc(C#Cc3ccc(Br)cn3)c(F)c2)C1. The van der Waals surface area contributed by atoms with E-state index in [-0.39, 0.29) is 17.7 Å². The summed E-state index contributed by atoms with van der Waals surface area (Å²) in [6, 6.07) is 8.63. The molecule has 0 saturated carbocycles. The number of hydrogen-bond donors (Lipinski definition) is 0. The van der Waals surface area contributed by atoms with Gasteiger partial charge in [-0.3, -0.25) is 9.69 Å². The zero-order valence-electron chi connectivity index (χ0n) is 13.6. The summed E-state index contributed by atoms with van der Waals surface area (Å²) in [7, 11) is 1.39. The number of rotatable bonds is 3. The van der Waals surface area contributed by atoms with Crippen molar-refractivity contribution in [2.45, 2.75) is 6.54 Å². The van der Waals surface area contributed by atoms with E-state index in [9.17, 15) is 9.18 Å². The number of hydrogen-bond acceptors (Lipinski definition) is 4. The predicted octanol–water partition coefficient (Wildman–Crippen LogP) is 2.99. The minimum atomic E-state index is -0.354. The molecule has 128 valence electrons. The fourth-order valence-electron chi connectivity index (χ4n) is 2.61. The Kier molecular flexibility index (Phi) is 5.47. The maximum Gasteiger partial charge on any atom is 0.311 e. The largest absolute Gasteiger partial charge is 0.469 e. The topological polar surface area (TPSA) is 42.4 Å². The highest BCUT2D eigenvalue weighted by molar-refractivity contribution is 9.10. The van der Waals surface area contributed by atoms with Crippen LogP contribution in [0.15, 0.2) is 41.0 Å².